The molecule has 0 fully saturated rings. The van der Waals surface area contributed by atoms with Crippen LogP contribution < -0.4 is 0 Å². The van der Waals surface area contributed by atoms with Gasteiger partial charge in [0.25, 0.3) is 0 Å². The van der Waals surface area contributed by atoms with E-state index in [4.69, 9.17) is 14.2 Å². The summed E-state index contributed by atoms with van der Waals surface area (Å²) in [5, 5.41) is 0. The Hall–Kier alpha value is -2.63. The quantitative estimate of drug-likeness (QED) is 0.0261. The topological polar surface area (TPSA) is 78.9 Å². The highest BCUT2D eigenvalue weighted by molar-refractivity contribution is 5.71. The van der Waals surface area contributed by atoms with Gasteiger partial charge < -0.3 is 14.2 Å². The van der Waals surface area contributed by atoms with Gasteiger partial charge in [-0.2, -0.15) is 0 Å². The zero-order valence-electron chi connectivity index (χ0n) is 55.3. The van der Waals surface area contributed by atoms with Gasteiger partial charge in [-0.3, -0.25) is 14.4 Å². The minimum Gasteiger partial charge on any atom is -0.462 e. The SMILES string of the molecule is CCCC/C=C\C/C=C\CCCCCCCC(=O)OCC(COC(=O)CCCCCCCCCCCCCCCCCCCCCCC/C=C\CCCCCCCCCC)OC(=O)CCCCCCCCC/C=C\CCCCCCCC. The smallest absolute Gasteiger partial charge is 0.306 e. The maximum Gasteiger partial charge on any atom is 0.306 e. The van der Waals surface area contributed by atoms with Gasteiger partial charge in [0.2, 0.25) is 0 Å². The number of unbranched alkanes of at least 4 members (excludes halogenated alkanes) is 49. The number of hydrogen-bond acceptors (Lipinski definition) is 6. The summed E-state index contributed by atoms with van der Waals surface area (Å²) in [4.78, 5) is 38.4. The monoisotopic (exact) mass is 1150 g/mol. The second kappa shape index (κ2) is 70.9. The second-order valence-electron chi connectivity index (χ2n) is 24.8. The molecule has 0 saturated heterocycles. The molecule has 0 saturated carbocycles. The van der Waals surface area contributed by atoms with E-state index in [9.17, 15) is 14.4 Å². The zero-order chi connectivity index (χ0) is 59.2. The molecule has 0 aromatic rings. The van der Waals surface area contributed by atoms with Gasteiger partial charge in [-0.05, 0) is 96.3 Å². The summed E-state index contributed by atoms with van der Waals surface area (Å²) in [5.74, 6) is -0.870. The van der Waals surface area contributed by atoms with Gasteiger partial charge >= 0.3 is 17.9 Å². The van der Waals surface area contributed by atoms with Crippen LogP contribution in [0.3, 0.4) is 0 Å². The fourth-order valence-corrected chi connectivity index (χ4v) is 11.0. The first-order valence-electron chi connectivity index (χ1n) is 36.6. The van der Waals surface area contributed by atoms with Crippen molar-refractivity contribution in [2.75, 3.05) is 13.2 Å². The van der Waals surface area contributed by atoms with E-state index < -0.39 is 6.10 Å². The van der Waals surface area contributed by atoms with Crippen molar-refractivity contribution in [1.82, 2.24) is 0 Å². The van der Waals surface area contributed by atoms with E-state index in [1.165, 1.54) is 283 Å². The molecule has 480 valence electrons. The van der Waals surface area contributed by atoms with Crippen LogP contribution in [0.1, 0.15) is 400 Å². The molecule has 1 atom stereocenters. The van der Waals surface area contributed by atoms with E-state index in [1.54, 1.807) is 0 Å². The molecule has 0 rings (SSSR count). The van der Waals surface area contributed by atoms with Crippen LogP contribution in [0.5, 0.6) is 0 Å². The van der Waals surface area contributed by atoms with Gasteiger partial charge in [0, 0.05) is 19.3 Å². The van der Waals surface area contributed by atoms with Crippen LogP contribution in [0, 0.1) is 0 Å². The number of hydrogen-bond donors (Lipinski definition) is 0. The van der Waals surface area contributed by atoms with Gasteiger partial charge in [-0.1, -0.05) is 333 Å². The van der Waals surface area contributed by atoms with Gasteiger partial charge in [0.15, 0.2) is 6.10 Å². The predicted molar refractivity (Wildman–Crippen MR) is 358 cm³/mol. The molecule has 6 heteroatoms. The minimum absolute atomic E-state index is 0.0754. The van der Waals surface area contributed by atoms with E-state index in [2.05, 4.69) is 69.4 Å². The fourth-order valence-electron chi connectivity index (χ4n) is 11.0. The van der Waals surface area contributed by atoms with Gasteiger partial charge in [0.1, 0.15) is 13.2 Å². The van der Waals surface area contributed by atoms with E-state index in [-0.39, 0.29) is 31.1 Å². The van der Waals surface area contributed by atoms with Gasteiger partial charge in [0.05, 0.1) is 0 Å². The molecule has 0 aliphatic carbocycles. The number of ether oxygens (including phenoxy) is 3. The molecule has 0 N–H and O–H groups in total. The zero-order valence-corrected chi connectivity index (χ0v) is 55.3. The van der Waals surface area contributed by atoms with Crippen molar-refractivity contribution in [3.05, 3.63) is 48.6 Å². The molecular formula is C76H140O6. The van der Waals surface area contributed by atoms with Crippen LogP contribution in [-0.4, -0.2) is 37.2 Å². The first-order valence-corrected chi connectivity index (χ1v) is 36.6. The number of rotatable bonds is 68. The van der Waals surface area contributed by atoms with E-state index >= 15 is 0 Å². The van der Waals surface area contributed by atoms with Crippen LogP contribution in [0.4, 0.5) is 0 Å². The van der Waals surface area contributed by atoms with Crippen molar-refractivity contribution in [2.45, 2.75) is 406 Å². The lowest BCUT2D eigenvalue weighted by atomic mass is 10.0. The Morgan fingerprint density at radius 3 is 0.720 bits per heavy atom. The van der Waals surface area contributed by atoms with Crippen molar-refractivity contribution in [3.8, 4) is 0 Å². The van der Waals surface area contributed by atoms with Crippen molar-refractivity contribution in [1.29, 1.82) is 0 Å². The van der Waals surface area contributed by atoms with Crippen molar-refractivity contribution >= 4 is 17.9 Å². The summed E-state index contributed by atoms with van der Waals surface area (Å²) in [6.07, 6.45) is 90.2. The molecule has 0 amide bonds. The molecule has 0 bridgehead atoms. The number of esters is 3. The summed E-state index contributed by atoms with van der Waals surface area (Å²) >= 11 is 0. The lowest BCUT2D eigenvalue weighted by Gasteiger charge is -2.18. The Kier molecular flexibility index (Phi) is 68.6. The lowest BCUT2D eigenvalue weighted by Crippen LogP contribution is -2.30. The van der Waals surface area contributed by atoms with E-state index in [1.807, 2.05) is 0 Å². The molecule has 0 aliphatic heterocycles. The highest BCUT2D eigenvalue weighted by Crippen LogP contribution is 2.18. The Bertz CT molecular complexity index is 1410. The average molecular weight is 1150 g/mol. The van der Waals surface area contributed by atoms with Crippen LogP contribution in [0.25, 0.3) is 0 Å². The second-order valence-corrected chi connectivity index (χ2v) is 24.8. The molecule has 0 aromatic carbocycles. The predicted octanol–water partition coefficient (Wildman–Crippen LogP) is 25.3. The van der Waals surface area contributed by atoms with E-state index in [0.29, 0.717) is 19.3 Å². The van der Waals surface area contributed by atoms with Crippen LogP contribution in [-0.2, 0) is 28.6 Å². The molecule has 0 radical (unpaired) electrons. The molecule has 6 nitrogen and oxygen atoms in total. The summed E-state index contributed by atoms with van der Waals surface area (Å²) in [5.41, 5.74) is 0. The van der Waals surface area contributed by atoms with Crippen LogP contribution in [0.2, 0.25) is 0 Å². The third kappa shape index (κ3) is 68.2. The fraction of sp³-hybridized carbons (Fsp3) is 0.855. The Morgan fingerprint density at radius 2 is 0.451 bits per heavy atom. The molecular weight excluding hydrogens is 1010 g/mol. The number of allylic oxidation sites excluding steroid dienone is 8. The molecule has 0 heterocycles. The third-order valence-corrected chi connectivity index (χ3v) is 16.5. The normalized spacial score (nSPS) is 12.3. The molecule has 0 spiro atoms. The van der Waals surface area contributed by atoms with Gasteiger partial charge in [-0.15, -0.1) is 0 Å². The summed E-state index contributed by atoms with van der Waals surface area (Å²) in [6.45, 7) is 6.64. The lowest BCUT2D eigenvalue weighted by molar-refractivity contribution is -0.167. The Balaban J connectivity index is 4.13. The maximum atomic E-state index is 12.9. The molecule has 82 heavy (non-hydrogen) atoms. The van der Waals surface area contributed by atoms with E-state index in [0.717, 1.165) is 77.0 Å². The highest BCUT2D eigenvalue weighted by Gasteiger charge is 2.19. The summed E-state index contributed by atoms with van der Waals surface area (Å²) < 4.78 is 17.0. The average Bonchev–Trinajstić information content (AvgIpc) is 3.48. The molecule has 0 aliphatic rings. The largest absolute Gasteiger partial charge is 0.462 e. The van der Waals surface area contributed by atoms with Crippen molar-refractivity contribution in [3.63, 3.8) is 0 Å². The first-order chi connectivity index (χ1) is 40.5. The summed E-state index contributed by atoms with van der Waals surface area (Å²) in [6, 6.07) is 0. The van der Waals surface area contributed by atoms with Crippen molar-refractivity contribution in [2.24, 2.45) is 0 Å². The standard InChI is InChI=1S/C76H140O6/c1-4-7-10-13-16-19-22-25-28-30-31-32-33-34-35-36-37-38-39-40-41-42-43-44-45-47-48-51-54-57-60-63-66-69-75(78)81-72-73(71-80-74(77)68-65-62-59-56-53-50-27-24-21-18-15-12-9-6-3)82-76(79)70-67-64-61-58-55-52-49-46-29-26-23-20-17-14-11-8-5-2/h15,18,24,26-27,29-31,73H,4-14,16-17,19-23,25,28,32-72H2,1-3H3/b18-15-,27-24-,29-26-,31-30-. The Labute approximate surface area is 511 Å². The maximum absolute atomic E-state index is 12.9. The number of carbonyl (C=O) groups excluding carboxylic acids is 3. The van der Waals surface area contributed by atoms with Crippen LogP contribution >= 0.6 is 0 Å². The summed E-state index contributed by atoms with van der Waals surface area (Å²) in [7, 11) is 0. The minimum atomic E-state index is -0.781. The first kappa shape index (κ1) is 79.4. The van der Waals surface area contributed by atoms with Crippen molar-refractivity contribution < 1.29 is 28.6 Å². The molecule has 1 unspecified atom stereocenters. The third-order valence-electron chi connectivity index (χ3n) is 16.5. The van der Waals surface area contributed by atoms with Crippen LogP contribution in [0.15, 0.2) is 48.6 Å². The number of carbonyl (C=O) groups is 3. The highest BCUT2D eigenvalue weighted by atomic mass is 16.6. The van der Waals surface area contributed by atoms with Gasteiger partial charge in [-0.25, -0.2) is 0 Å². The molecule has 0 aromatic heterocycles. The Morgan fingerprint density at radius 1 is 0.244 bits per heavy atom.